The summed E-state index contributed by atoms with van der Waals surface area (Å²) in [5, 5.41) is 5.56. The Bertz CT molecular complexity index is 472. The Balaban J connectivity index is 2.28. The zero-order valence-electron chi connectivity index (χ0n) is 12.9. The second-order valence-electron chi connectivity index (χ2n) is 5.27. The molecule has 0 saturated carbocycles. The van der Waals surface area contributed by atoms with E-state index in [1.54, 1.807) is 31.4 Å². The van der Waals surface area contributed by atoms with Crippen molar-refractivity contribution in [3.63, 3.8) is 0 Å². The lowest BCUT2D eigenvalue weighted by Crippen LogP contribution is -2.31. The van der Waals surface area contributed by atoms with Crippen molar-refractivity contribution >= 4 is 11.8 Å². The van der Waals surface area contributed by atoms with Crippen LogP contribution in [0.5, 0.6) is 5.75 Å². The van der Waals surface area contributed by atoms with Gasteiger partial charge in [-0.2, -0.15) is 0 Å². The molecular weight excluding hydrogens is 268 g/mol. The molecule has 0 aromatic heterocycles. The van der Waals surface area contributed by atoms with E-state index >= 15 is 0 Å². The van der Waals surface area contributed by atoms with Gasteiger partial charge in [0.05, 0.1) is 7.11 Å². The Labute approximate surface area is 126 Å². The number of hydrogen-bond donors (Lipinski definition) is 2. The van der Waals surface area contributed by atoms with Crippen LogP contribution in [0.25, 0.3) is 0 Å². The van der Waals surface area contributed by atoms with Crippen LogP contribution < -0.4 is 15.4 Å². The highest BCUT2D eigenvalue weighted by Gasteiger charge is 2.07. The van der Waals surface area contributed by atoms with E-state index in [2.05, 4.69) is 24.5 Å². The highest BCUT2D eigenvalue weighted by Crippen LogP contribution is 2.12. The number of hydrogen-bond acceptors (Lipinski definition) is 3. The first-order valence-corrected chi connectivity index (χ1v) is 7.22. The van der Waals surface area contributed by atoms with Gasteiger partial charge in [-0.3, -0.25) is 9.59 Å². The van der Waals surface area contributed by atoms with Crippen molar-refractivity contribution < 1.29 is 14.3 Å². The Morgan fingerprint density at radius 1 is 1.19 bits per heavy atom. The number of carbonyl (C=O) groups is 2. The van der Waals surface area contributed by atoms with Crippen LogP contribution in [0.15, 0.2) is 24.3 Å². The fourth-order valence-corrected chi connectivity index (χ4v) is 1.74. The normalized spacial score (nSPS) is 10.3. The molecular formula is C16H24N2O3. The lowest BCUT2D eigenvalue weighted by molar-refractivity contribution is -0.120. The molecule has 0 spiro atoms. The van der Waals surface area contributed by atoms with E-state index < -0.39 is 0 Å². The molecule has 0 saturated heterocycles. The van der Waals surface area contributed by atoms with Gasteiger partial charge in [-0.25, -0.2) is 0 Å². The second kappa shape index (κ2) is 9.00. The lowest BCUT2D eigenvalue weighted by atomic mass is 10.1. The summed E-state index contributed by atoms with van der Waals surface area (Å²) in [5.41, 5.74) is 0.523. The van der Waals surface area contributed by atoms with Gasteiger partial charge in [0.2, 0.25) is 5.91 Å². The molecule has 1 aromatic carbocycles. The van der Waals surface area contributed by atoms with Gasteiger partial charge in [-0.1, -0.05) is 19.9 Å². The third-order valence-electron chi connectivity index (χ3n) is 3.01. The summed E-state index contributed by atoms with van der Waals surface area (Å²) in [6, 6.07) is 6.91. The minimum absolute atomic E-state index is 0.0402. The summed E-state index contributed by atoms with van der Waals surface area (Å²) in [6.07, 6.45) is 1.25. The minimum atomic E-state index is -0.205. The largest absolute Gasteiger partial charge is 0.497 e. The maximum absolute atomic E-state index is 11.9. The van der Waals surface area contributed by atoms with Gasteiger partial charge in [0.25, 0.3) is 5.91 Å². The van der Waals surface area contributed by atoms with Crippen molar-refractivity contribution in [2.24, 2.45) is 5.92 Å². The van der Waals surface area contributed by atoms with Crippen LogP contribution in [0, 0.1) is 5.92 Å². The molecule has 1 rings (SSSR count). The molecule has 5 heteroatoms. The van der Waals surface area contributed by atoms with Crippen LogP contribution in [-0.4, -0.2) is 32.0 Å². The average molecular weight is 292 g/mol. The first-order valence-electron chi connectivity index (χ1n) is 7.22. The summed E-state index contributed by atoms with van der Waals surface area (Å²) >= 11 is 0. The average Bonchev–Trinajstić information content (AvgIpc) is 2.46. The summed E-state index contributed by atoms with van der Waals surface area (Å²) in [4.78, 5) is 23.5. The topological polar surface area (TPSA) is 67.4 Å². The number of benzene rings is 1. The number of rotatable bonds is 8. The van der Waals surface area contributed by atoms with E-state index in [1.165, 1.54) is 0 Å². The number of amides is 2. The van der Waals surface area contributed by atoms with Crippen LogP contribution in [0.3, 0.4) is 0 Å². The lowest BCUT2D eigenvalue weighted by Gasteiger charge is -2.08. The maximum Gasteiger partial charge on any atom is 0.251 e. The molecule has 5 nitrogen and oxygen atoms in total. The molecule has 21 heavy (non-hydrogen) atoms. The van der Waals surface area contributed by atoms with Crippen molar-refractivity contribution in [3.05, 3.63) is 29.8 Å². The smallest absolute Gasteiger partial charge is 0.251 e. The zero-order valence-corrected chi connectivity index (χ0v) is 12.9. The Kier molecular flexibility index (Phi) is 7.29. The number of methoxy groups -OCH3 is 1. The molecule has 1 aromatic rings. The molecule has 0 atom stereocenters. The van der Waals surface area contributed by atoms with Gasteiger partial charge in [-0.05, 0) is 30.5 Å². The Hall–Kier alpha value is -2.04. The maximum atomic E-state index is 11.9. The molecule has 0 bridgehead atoms. The number of carbonyl (C=O) groups excluding carboxylic acids is 2. The molecule has 0 unspecified atom stereocenters. The van der Waals surface area contributed by atoms with Gasteiger partial charge in [0, 0.05) is 25.1 Å². The third kappa shape index (κ3) is 6.79. The first-order chi connectivity index (χ1) is 10.0. The highest BCUT2D eigenvalue weighted by molar-refractivity contribution is 5.94. The van der Waals surface area contributed by atoms with Crippen LogP contribution in [-0.2, 0) is 4.79 Å². The quantitative estimate of drug-likeness (QED) is 0.770. The first kappa shape index (κ1) is 17.0. The minimum Gasteiger partial charge on any atom is -0.497 e. The fraction of sp³-hybridized carbons (Fsp3) is 0.500. The summed E-state index contributed by atoms with van der Waals surface area (Å²) in [6.45, 7) is 5.23. The molecule has 0 radical (unpaired) electrons. The fourth-order valence-electron chi connectivity index (χ4n) is 1.74. The standard InChI is InChI=1S/C16H24N2O3/c1-12(2)7-9-17-15(19)8-10-18-16(20)13-5-4-6-14(11-13)21-3/h4-6,11-12H,7-10H2,1-3H3,(H,17,19)(H,18,20). The van der Waals surface area contributed by atoms with Crippen molar-refractivity contribution in [2.45, 2.75) is 26.7 Å². The highest BCUT2D eigenvalue weighted by atomic mass is 16.5. The summed E-state index contributed by atoms with van der Waals surface area (Å²) in [7, 11) is 1.55. The number of ether oxygens (including phenoxy) is 1. The van der Waals surface area contributed by atoms with E-state index in [-0.39, 0.29) is 18.2 Å². The molecule has 0 aliphatic heterocycles. The molecule has 2 N–H and O–H groups in total. The number of nitrogens with one attached hydrogen (secondary N) is 2. The van der Waals surface area contributed by atoms with Gasteiger partial charge < -0.3 is 15.4 Å². The molecule has 0 heterocycles. The van der Waals surface area contributed by atoms with Crippen molar-refractivity contribution in [1.82, 2.24) is 10.6 Å². The summed E-state index contributed by atoms with van der Waals surface area (Å²) < 4.78 is 5.07. The second-order valence-corrected chi connectivity index (χ2v) is 5.27. The van der Waals surface area contributed by atoms with E-state index in [0.717, 1.165) is 6.42 Å². The van der Waals surface area contributed by atoms with Gasteiger partial charge in [-0.15, -0.1) is 0 Å². The molecule has 116 valence electrons. The van der Waals surface area contributed by atoms with Crippen molar-refractivity contribution in [2.75, 3.05) is 20.2 Å². The molecule has 0 fully saturated rings. The SMILES string of the molecule is COc1cccc(C(=O)NCCC(=O)NCCC(C)C)c1. The predicted octanol–water partition coefficient (Wildman–Crippen LogP) is 1.98. The van der Waals surface area contributed by atoms with E-state index in [4.69, 9.17) is 4.74 Å². The molecule has 2 amide bonds. The van der Waals surface area contributed by atoms with Crippen molar-refractivity contribution in [1.29, 1.82) is 0 Å². The van der Waals surface area contributed by atoms with Crippen LogP contribution in [0.1, 0.15) is 37.0 Å². The Morgan fingerprint density at radius 2 is 1.95 bits per heavy atom. The van der Waals surface area contributed by atoms with Gasteiger partial charge in [0.15, 0.2) is 0 Å². The predicted molar refractivity (Wildman–Crippen MR) is 82.4 cm³/mol. The zero-order chi connectivity index (χ0) is 15.7. The van der Waals surface area contributed by atoms with Gasteiger partial charge in [0.1, 0.15) is 5.75 Å². The van der Waals surface area contributed by atoms with E-state index in [9.17, 15) is 9.59 Å². The van der Waals surface area contributed by atoms with E-state index in [0.29, 0.717) is 30.3 Å². The monoisotopic (exact) mass is 292 g/mol. The van der Waals surface area contributed by atoms with Gasteiger partial charge >= 0.3 is 0 Å². The third-order valence-corrected chi connectivity index (χ3v) is 3.01. The van der Waals surface area contributed by atoms with Crippen molar-refractivity contribution in [3.8, 4) is 5.75 Å². The van der Waals surface area contributed by atoms with Crippen LogP contribution in [0.2, 0.25) is 0 Å². The van der Waals surface area contributed by atoms with Crippen LogP contribution >= 0.6 is 0 Å². The Morgan fingerprint density at radius 3 is 2.62 bits per heavy atom. The van der Waals surface area contributed by atoms with E-state index in [1.807, 2.05) is 0 Å². The molecule has 0 aliphatic carbocycles. The summed E-state index contributed by atoms with van der Waals surface area (Å²) in [5.74, 6) is 0.956. The molecule has 0 aliphatic rings. The van der Waals surface area contributed by atoms with Crippen LogP contribution in [0.4, 0.5) is 0 Å².